The summed E-state index contributed by atoms with van der Waals surface area (Å²) in [6.07, 6.45) is 3.07. The van der Waals surface area contributed by atoms with Crippen LogP contribution in [-0.2, 0) is 27.7 Å². The SMILES string of the molecule is CCc1cccc(CC)c1NC(=O)[C@H](CC)N(c1ccccc1)S(C)(=O)=O. The van der Waals surface area contributed by atoms with Gasteiger partial charge in [-0.05, 0) is 42.5 Å². The summed E-state index contributed by atoms with van der Waals surface area (Å²) in [5.41, 5.74) is 3.38. The van der Waals surface area contributed by atoms with Gasteiger partial charge in [-0.3, -0.25) is 9.10 Å². The molecule has 0 heterocycles. The lowest BCUT2D eigenvalue weighted by molar-refractivity contribution is -0.117. The minimum atomic E-state index is -3.63. The lowest BCUT2D eigenvalue weighted by Gasteiger charge is -2.30. The molecule has 1 atom stereocenters. The number of anilines is 2. The molecule has 1 N–H and O–H groups in total. The number of nitrogens with zero attached hydrogens (tertiary/aromatic N) is 1. The molecule has 2 aromatic rings. The topological polar surface area (TPSA) is 66.5 Å². The van der Waals surface area contributed by atoms with Crippen LogP contribution in [0.15, 0.2) is 48.5 Å². The fraction of sp³-hybridized carbons (Fsp3) is 0.381. The molecule has 0 saturated carbocycles. The van der Waals surface area contributed by atoms with Crippen LogP contribution in [0.2, 0.25) is 0 Å². The number of carbonyl (C=O) groups excluding carboxylic acids is 1. The van der Waals surface area contributed by atoms with Crippen molar-refractivity contribution in [2.24, 2.45) is 0 Å². The highest BCUT2D eigenvalue weighted by Gasteiger charge is 2.31. The molecule has 0 saturated heterocycles. The lowest BCUT2D eigenvalue weighted by Crippen LogP contribution is -2.47. The number of nitrogens with one attached hydrogen (secondary N) is 1. The van der Waals surface area contributed by atoms with Crippen molar-refractivity contribution in [3.8, 4) is 0 Å². The standard InChI is InChI=1S/C21H28N2O3S/c1-5-16-12-11-13-17(6-2)20(16)22-21(24)19(7-3)23(27(4,25)26)18-14-9-8-10-15-18/h8-15,19H,5-7H2,1-4H3,(H,22,24)/t19-/m0/s1. The van der Waals surface area contributed by atoms with E-state index in [0.29, 0.717) is 12.1 Å². The number of para-hydroxylation sites is 2. The number of hydrogen-bond acceptors (Lipinski definition) is 3. The van der Waals surface area contributed by atoms with Crippen molar-refractivity contribution in [1.82, 2.24) is 0 Å². The second-order valence-corrected chi connectivity index (χ2v) is 8.33. The molecular formula is C21H28N2O3S. The van der Waals surface area contributed by atoms with Crippen molar-refractivity contribution in [2.75, 3.05) is 15.9 Å². The van der Waals surface area contributed by atoms with E-state index in [2.05, 4.69) is 5.32 Å². The monoisotopic (exact) mass is 388 g/mol. The quantitative estimate of drug-likeness (QED) is 0.743. The Labute approximate surface area is 162 Å². The van der Waals surface area contributed by atoms with E-state index in [9.17, 15) is 13.2 Å². The van der Waals surface area contributed by atoms with E-state index in [1.54, 1.807) is 24.3 Å². The van der Waals surface area contributed by atoms with Crippen molar-refractivity contribution in [1.29, 1.82) is 0 Å². The van der Waals surface area contributed by atoms with Gasteiger partial charge in [-0.2, -0.15) is 0 Å². The molecule has 5 nitrogen and oxygen atoms in total. The van der Waals surface area contributed by atoms with E-state index in [1.165, 1.54) is 4.31 Å². The first-order valence-electron chi connectivity index (χ1n) is 9.29. The Hall–Kier alpha value is -2.34. The van der Waals surface area contributed by atoms with Gasteiger partial charge >= 0.3 is 0 Å². The first kappa shape index (κ1) is 21.0. The van der Waals surface area contributed by atoms with Crippen molar-refractivity contribution >= 4 is 27.3 Å². The van der Waals surface area contributed by atoms with Gasteiger partial charge in [0.25, 0.3) is 0 Å². The third-order valence-corrected chi connectivity index (χ3v) is 5.77. The molecule has 0 unspecified atom stereocenters. The fourth-order valence-electron chi connectivity index (χ4n) is 3.24. The van der Waals surface area contributed by atoms with Gasteiger partial charge in [0, 0.05) is 5.69 Å². The summed E-state index contributed by atoms with van der Waals surface area (Å²) in [5, 5.41) is 3.01. The maximum absolute atomic E-state index is 13.1. The molecule has 0 aliphatic rings. The molecule has 1 amide bonds. The van der Waals surface area contributed by atoms with Crippen LogP contribution in [0.5, 0.6) is 0 Å². The molecule has 27 heavy (non-hydrogen) atoms. The Balaban J connectivity index is 2.43. The second-order valence-electron chi connectivity index (χ2n) is 6.47. The Morgan fingerprint density at radius 2 is 1.52 bits per heavy atom. The van der Waals surface area contributed by atoms with E-state index in [-0.39, 0.29) is 5.91 Å². The Kier molecular flexibility index (Phi) is 7.02. The predicted octanol–water partition coefficient (Wildman–Crippen LogP) is 3.99. The molecule has 0 aromatic heterocycles. The van der Waals surface area contributed by atoms with Crippen LogP contribution in [0.3, 0.4) is 0 Å². The van der Waals surface area contributed by atoms with E-state index >= 15 is 0 Å². The van der Waals surface area contributed by atoms with Crippen molar-refractivity contribution in [3.05, 3.63) is 59.7 Å². The number of hydrogen-bond donors (Lipinski definition) is 1. The third-order valence-electron chi connectivity index (χ3n) is 4.59. The van der Waals surface area contributed by atoms with Crippen molar-refractivity contribution < 1.29 is 13.2 Å². The van der Waals surface area contributed by atoms with Crippen LogP contribution in [0, 0.1) is 0 Å². The highest BCUT2D eigenvalue weighted by Crippen LogP contribution is 2.26. The van der Waals surface area contributed by atoms with Gasteiger partial charge in [0.05, 0.1) is 11.9 Å². The second kappa shape index (κ2) is 9.04. The molecule has 0 spiro atoms. The van der Waals surface area contributed by atoms with Gasteiger partial charge in [0.1, 0.15) is 6.04 Å². The third kappa shape index (κ3) is 4.89. The average Bonchev–Trinajstić information content (AvgIpc) is 2.65. The van der Waals surface area contributed by atoms with Gasteiger partial charge < -0.3 is 5.32 Å². The molecule has 2 rings (SSSR count). The maximum Gasteiger partial charge on any atom is 0.248 e. The first-order valence-corrected chi connectivity index (χ1v) is 11.1. The minimum Gasteiger partial charge on any atom is -0.324 e. The van der Waals surface area contributed by atoms with Crippen LogP contribution < -0.4 is 9.62 Å². The van der Waals surface area contributed by atoms with Gasteiger partial charge in [-0.1, -0.05) is 57.2 Å². The van der Waals surface area contributed by atoms with E-state index < -0.39 is 16.1 Å². The van der Waals surface area contributed by atoms with E-state index in [1.807, 2.05) is 45.0 Å². The van der Waals surface area contributed by atoms with Gasteiger partial charge in [0.15, 0.2) is 0 Å². The average molecular weight is 389 g/mol. The van der Waals surface area contributed by atoms with Gasteiger partial charge in [-0.15, -0.1) is 0 Å². The van der Waals surface area contributed by atoms with Crippen molar-refractivity contribution in [2.45, 2.75) is 46.1 Å². The fourth-order valence-corrected chi connectivity index (χ4v) is 4.46. The largest absolute Gasteiger partial charge is 0.324 e. The molecular weight excluding hydrogens is 360 g/mol. The molecule has 0 aliphatic carbocycles. The van der Waals surface area contributed by atoms with Crippen LogP contribution in [0.25, 0.3) is 0 Å². The molecule has 6 heteroatoms. The Morgan fingerprint density at radius 3 is 1.96 bits per heavy atom. The Morgan fingerprint density at radius 1 is 0.963 bits per heavy atom. The number of rotatable bonds is 8. The number of benzene rings is 2. The van der Waals surface area contributed by atoms with Crippen molar-refractivity contribution in [3.63, 3.8) is 0 Å². The van der Waals surface area contributed by atoms with E-state index in [0.717, 1.165) is 35.9 Å². The summed E-state index contributed by atoms with van der Waals surface area (Å²) < 4.78 is 26.2. The number of amides is 1. The first-order chi connectivity index (χ1) is 12.8. The maximum atomic E-state index is 13.1. The zero-order chi connectivity index (χ0) is 20.0. The molecule has 146 valence electrons. The highest BCUT2D eigenvalue weighted by molar-refractivity contribution is 7.92. The summed E-state index contributed by atoms with van der Waals surface area (Å²) in [5.74, 6) is -0.317. The van der Waals surface area contributed by atoms with E-state index in [4.69, 9.17) is 0 Å². The lowest BCUT2D eigenvalue weighted by atomic mass is 10.0. The normalized spacial score (nSPS) is 12.4. The smallest absolute Gasteiger partial charge is 0.248 e. The number of sulfonamides is 1. The highest BCUT2D eigenvalue weighted by atomic mass is 32.2. The molecule has 0 aliphatic heterocycles. The molecule has 2 aromatic carbocycles. The zero-order valence-electron chi connectivity index (χ0n) is 16.4. The summed E-state index contributed by atoms with van der Waals surface area (Å²) in [4.78, 5) is 13.1. The number of carbonyl (C=O) groups is 1. The predicted molar refractivity (Wildman–Crippen MR) is 112 cm³/mol. The summed E-state index contributed by atoms with van der Waals surface area (Å²) >= 11 is 0. The van der Waals surface area contributed by atoms with Gasteiger partial charge in [0.2, 0.25) is 15.9 Å². The van der Waals surface area contributed by atoms with Crippen LogP contribution in [0.1, 0.15) is 38.3 Å². The Bertz CT molecular complexity index is 857. The summed E-state index contributed by atoms with van der Waals surface area (Å²) in [6, 6.07) is 13.9. The molecule has 0 bridgehead atoms. The van der Waals surface area contributed by atoms with Crippen LogP contribution >= 0.6 is 0 Å². The molecule has 0 radical (unpaired) electrons. The van der Waals surface area contributed by atoms with Crippen LogP contribution in [-0.4, -0.2) is 26.6 Å². The summed E-state index contributed by atoms with van der Waals surface area (Å²) in [7, 11) is -3.63. The van der Waals surface area contributed by atoms with Gasteiger partial charge in [-0.25, -0.2) is 8.42 Å². The van der Waals surface area contributed by atoms with Crippen LogP contribution in [0.4, 0.5) is 11.4 Å². The minimum absolute atomic E-state index is 0.317. The number of aryl methyl sites for hydroxylation is 2. The zero-order valence-corrected chi connectivity index (χ0v) is 17.2. The molecule has 0 fully saturated rings. The summed E-state index contributed by atoms with van der Waals surface area (Å²) in [6.45, 7) is 5.89.